The van der Waals surface area contributed by atoms with E-state index in [1.807, 2.05) is 0 Å². The Morgan fingerprint density at radius 1 is 1.32 bits per heavy atom. The van der Waals surface area contributed by atoms with Crippen molar-refractivity contribution in [2.24, 2.45) is 5.92 Å². The van der Waals surface area contributed by atoms with Crippen molar-refractivity contribution >= 4 is 5.78 Å². The molecule has 100 valence electrons. The first kappa shape index (κ1) is 11.3. The van der Waals surface area contributed by atoms with Crippen LogP contribution in [0.3, 0.4) is 0 Å². The fraction of sp³-hybridized carbons (Fsp3) is 0.533. The maximum atomic E-state index is 12.4. The molecule has 0 radical (unpaired) electrons. The minimum absolute atomic E-state index is 0.148. The van der Waals surface area contributed by atoms with Crippen LogP contribution < -0.4 is 4.74 Å². The molecule has 4 aliphatic heterocycles. The van der Waals surface area contributed by atoms with E-state index in [4.69, 9.17) is 4.74 Å². The number of phenols is 1. The predicted octanol–water partition coefficient (Wildman–Crippen LogP) is 1.82. The van der Waals surface area contributed by atoms with E-state index in [0.29, 0.717) is 23.7 Å². The maximum Gasteiger partial charge on any atom is 0.170 e. The summed E-state index contributed by atoms with van der Waals surface area (Å²) in [6.07, 6.45) is 2.70. The average Bonchev–Trinajstić information content (AvgIpc) is 2.39. The molecule has 5 rings (SSSR count). The Balaban J connectivity index is 1.76. The van der Waals surface area contributed by atoms with Crippen molar-refractivity contribution in [1.29, 1.82) is 0 Å². The number of fused-ring (bicyclic) bond motifs is 3. The largest absolute Gasteiger partial charge is 0.508 e. The van der Waals surface area contributed by atoms with Crippen LogP contribution in [0, 0.1) is 5.92 Å². The number of hydrogen-bond acceptors (Lipinski definition) is 4. The van der Waals surface area contributed by atoms with Crippen LogP contribution in [0.5, 0.6) is 11.5 Å². The highest BCUT2D eigenvalue weighted by Crippen LogP contribution is 2.45. The molecule has 4 aliphatic rings. The number of rotatable bonds is 0. The van der Waals surface area contributed by atoms with Gasteiger partial charge in [-0.25, -0.2) is 0 Å². The van der Waals surface area contributed by atoms with E-state index in [0.717, 1.165) is 32.5 Å². The van der Waals surface area contributed by atoms with Gasteiger partial charge in [0.05, 0.1) is 12.0 Å². The highest BCUT2D eigenvalue weighted by molar-refractivity contribution is 6.00. The summed E-state index contributed by atoms with van der Waals surface area (Å²) in [5.74, 6) is 1.34. The van der Waals surface area contributed by atoms with Gasteiger partial charge in [0.2, 0.25) is 0 Å². The van der Waals surface area contributed by atoms with Gasteiger partial charge in [0.25, 0.3) is 0 Å². The molecule has 0 aliphatic carbocycles. The molecule has 1 aromatic rings. The van der Waals surface area contributed by atoms with Gasteiger partial charge in [0.1, 0.15) is 17.1 Å². The smallest absolute Gasteiger partial charge is 0.170 e. The van der Waals surface area contributed by atoms with Crippen LogP contribution in [0.25, 0.3) is 0 Å². The first-order valence-electron chi connectivity index (χ1n) is 6.94. The number of carbonyl (C=O) groups excluding carboxylic acids is 1. The van der Waals surface area contributed by atoms with Crippen molar-refractivity contribution in [3.8, 4) is 11.5 Å². The normalized spacial score (nSPS) is 36.1. The van der Waals surface area contributed by atoms with Crippen molar-refractivity contribution in [3.63, 3.8) is 0 Å². The lowest BCUT2D eigenvalue weighted by molar-refractivity contribution is -0.0959. The van der Waals surface area contributed by atoms with Crippen LogP contribution in [-0.4, -0.2) is 41.0 Å². The van der Waals surface area contributed by atoms with Gasteiger partial charge in [-0.05, 0) is 38.1 Å². The number of hydrogen-bond donors (Lipinski definition) is 1. The number of piperidine rings is 3. The average molecular weight is 259 g/mol. The SMILES string of the molecule is O=C1C[C@]2(CN3CCC2CC3)Oc2cc(O)ccc21. The van der Waals surface area contributed by atoms with Gasteiger partial charge in [-0.2, -0.15) is 0 Å². The molecule has 19 heavy (non-hydrogen) atoms. The van der Waals surface area contributed by atoms with Crippen LogP contribution in [0.2, 0.25) is 0 Å². The van der Waals surface area contributed by atoms with E-state index in [9.17, 15) is 9.90 Å². The monoisotopic (exact) mass is 259 g/mol. The molecule has 1 N–H and O–H groups in total. The Morgan fingerprint density at radius 2 is 2.11 bits per heavy atom. The summed E-state index contributed by atoms with van der Waals surface area (Å²) < 4.78 is 6.22. The molecular formula is C15H17NO3. The highest BCUT2D eigenvalue weighted by atomic mass is 16.5. The molecule has 0 unspecified atom stereocenters. The second kappa shape index (κ2) is 3.73. The van der Waals surface area contributed by atoms with Gasteiger partial charge in [-0.3, -0.25) is 9.69 Å². The zero-order valence-corrected chi connectivity index (χ0v) is 10.8. The van der Waals surface area contributed by atoms with Crippen LogP contribution in [-0.2, 0) is 0 Å². The molecule has 3 fully saturated rings. The lowest BCUT2D eigenvalue weighted by atomic mass is 9.71. The molecule has 1 aromatic carbocycles. The van der Waals surface area contributed by atoms with Gasteiger partial charge in [-0.1, -0.05) is 0 Å². The molecule has 4 nitrogen and oxygen atoms in total. The first-order valence-corrected chi connectivity index (χ1v) is 6.94. The van der Waals surface area contributed by atoms with E-state index in [-0.39, 0.29) is 17.1 Å². The Kier molecular flexibility index (Phi) is 2.22. The van der Waals surface area contributed by atoms with Crippen molar-refractivity contribution in [1.82, 2.24) is 4.90 Å². The zero-order valence-electron chi connectivity index (χ0n) is 10.8. The van der Waals surface area contributed by atoms with Crippen LogP contribution >= 0.6 is 0 Å². The Hall–Kier alpha value is -1.55. The predicted molar refractivity (Wildman–Crippen MR) is 69.6 cm³/mol. The molecule has 0 aromatic heterocycles. The van der Waals surface area contributed by atoms with Crippen molar-refractivity contribution < 1.29 is 14.6 Å². The van der Waals surface area contributed by atoms with Gasteiger partial charge in [0, 0.05) is 18.5 Å². The molecule has 4 heteroatoms. The minimum atomic E-state index is -0.353. The molecule has 1 atom stereocenters. The topological polar surface area (TPSA) is 49.8 Å². The molecule has 2 bridgehead atoms. The molecule has 0 amide bonds. The van der Waals surface area contributed by atoms with Crippen LogP contribution in [0.1, 0.15) is 29.6 Å². The van der Waals surface area contributed by atoms with Gasteiger partial charge in [-0.15, -0.1) is 0 Å². The van der Waals surface area contributed by atoms with Gasteiger partial charge in [0.15, 0.2) is 5.78 Å². The summed E-state index contributed by atoms with van der Waals surface area (Å²) in [4.78, 5) is 14.8. The summed E-state index contributed by atoms with van der Waals surface area (Å²) in [5, 5.41) is 9.59. The fourth-order valence-corrected chi connectivity index (χ4v) is 3.89. The number of phenolic OH excluding ortho intramolecular Hbond substituents is 1. The van der Waals surface area contributed by atoms with Crippen molar-refractivity contribution in [3.05, 3.63) is 23.8 Å². The van der Waals surface area contributed by atoms with Crippen LogP contribution in [0.4, 0.5) is 0 Å². The van der Waals surface area contributed by atoms with E-state index in [1.165, 1.54) is 0 Å². The lowest BCUT2D eigenvalue weighted by Crippen LogP contribution is -2.63. The zero-order chi connectivity index (χ0) is 13.0. The number of benzene rings is 1. The Labute approximate surface area is 112 Å². The summed E-state index contributed by atoms with van der Waals surface area (Å²) in [6, 6.07) is 4.79. The third-order valence-corrected chi connectivity index (χ3v) is 4.86. The van der Waals surface area contributed by atoms with Gasteiger partial charge >= 0.3 is 0 Å². The van der Waals surface area contributed by atoms with Crippen molar-refractivity contribution in [2.45, 2.75) is 24.9 Å². The third-order valence-electron chi connectivity index (χ3n) is 4.86. The summed E-state index contributed by atoms with van der Waals surface area (Å²) in [7, 11) is 0. The Bertz CT molecular complexity index is 548. The number of Topliss-reactive ketones (excluding diaryl/α,β-unsaturated/α-hetero) is 1. The van der Waals surface area contributed by atoms with E-state index < -0.39 is 0 Å². The fourth-order valence-electron chi connectivity index (χ4n) is 3.89. The standard InChI is InChI=1S/C15H17NO3/c17-11-1-2-12-13(18)8-15(19-14(12)7-11)9-16-5-3-10(15)4-6-16/h1-2,7,10,17H,3-6,8-9H2/t15-/m1/s1. The lowest BCUT2D eigenvalue weighted by Gasteiger charge is -2.54. The van der Waals surface area contributed by atoms with E-state index in [2.05, 4.69) is 4.90 Å². The second-order valence-electron chi connectivity index (χ2n) is 6.00. The molecule has 3 saturated heterocycles. The number of ether oxygens (including phenoxy) is 1. The molecule has 1 spiro atoms. The number of ketones is 1. The summed E-state index contributed by atoms with van der Waals surface area (Å²) >= 11 is 0. The maximum absolute atomic E-state index is 12.4. The number of nitrogens with zero attached hydrogens (tertiary/aromatic N) is 1. The summed E-state index contributed by atoms with van der Waals surface area (Å²) in [6.45, 7) is 3.09. The molecule has 0 saturated carbocycles. The van der Waals surface area contributed by atoms with E-state index in [1.54, 1.807) is 18.2 Å². The third kappa shape index (κ3) is 1.59. The molecular weight excluding hydrogens is 242 g/mol. The first-order chi connectivity index (χ1) is 9.16. The number of aromatic hydroxyl groups is 1. The quantitative estimate of drug-likeness (QED) is 0.772. The van der Waals surface area contributed by atoms with Crippen LogP contribution in [0.15, 0.2) is 18.2 Å². The number of carbonyl (C=O) groups is 1. The molecule has 4 heterocycles. The highest BCUT2D eigenvalue weighted by Gasteiger charge is 2.52. The van der Waals surface area contributed by atoms with Gasteiger partial charge < -0.3 is 9.84 Å². The summed E-state index contributed by atoms with van der Waals surface area (Å²) in [5.41, 5.74) is 0.258. The van der Waals surface area contributed by atoms with Crippen molar-refractivity contribution in [2.75, 3.05) is 19.6 Å². The second-order valence-corrected chi connectivity index (χ2v) is 6.00. The van der Waals surface area contributed by atoms with E-state index >= 15 is 0 Å². The minimum Gasteiger partial charge on any atom is -0.508 e. The Morgan fingerprint density at radius 3 is 2.79 bits per heavy atom.